The van der Waals surface area contributed by atoms with E-state index in [2.05, 4.69) is 20.2 Å². The Labute approximate surface area is 144 Å². The van der Waals surface area contributed by atoms with Gasteiger partial charge in [0.15, 0.2) is 0 Å². The minimum Gasteiger partial charge on any atom is -0.366 e. The first-order valence-corrected chi connectivity index (χ1v) is 9.48. The molecule has 130 valence electrons. The van der Waals surface area contributed by atoms with E-state index in [1.807, 2.05) is 0 Å². The summed E-state index contributed by atoms with van der Waals surface area (Å²) >= 11 is 0. The molecule has 0 bridgehead atoms. The summed E-state index contributed by atoms with van der Waals surface area (Å²) in [6.07, 6.45) is 3.30. The van der Waals surface area contributed by atoms with E-state index < -0.39 is 15.7 Å². The lowest BCUT2D eigenvalue weighted by atomic mass is 10.3. The van der Waals surface area contributed by atoms with Gasteiger partial charge in [0.2, 0.25) is 9.84 Å². The average molecular weight is 360 g/mol. The van der Waals surface area contributed by atoms with Gasteiger partial charge >= 0.3 is 0 Å². The zero-order chi connectivity index (χ0) is 17.4. The Kier molecular flexibility index (Phi) is 3.93. The van der Waals surface area contributed by atoms with Gasteiger partial charge in [0.1, 0.15) is 11.3 Å². The Morgan fingerprint density at radius 2 is 1.80 bits per heavy atom. The van der Waals surface area contributed by atoms with E-state index in [-0.39, 0.29) is 9.79 Å². The Morgan fingerprint density at radius 3 is 2.52 bits per heavy atom. The van der Waals surface area contributed by atoms with E-state index in [0.29, 0.717) is 11.0 Å². The van der Waals surface area contributed by atoms with Crippen molar-refractivity contribution in [1.82, 2.24) is 15.3 Å². The number of hydrogen-bond donors (Lipinski definition) is 2. The van der Waals surface area contributed by atoms with Crippen LogP contribution in [-0.4, -0.2) is 44.6 Å². The number of H-pyrrole nitrogens is 1. The monoisotopic (exact) mass is 360 g/mol. The number of rotatable bonds is 3. The second-order valence-corrected chi connectivity index (χ2v) is 7.82. The molecule has 6 nitrogen and oxygen atoms in total. The lowest BCUT2D eigenvalue weighted by Gasteiger charge is -2.28. The molecular formula is C17H17FN4O2S. The van der Waals surface area contributed by atoms with Gasteiger partial charge in [0, 0.05) is 38.6 Å². The maximum atomic E-state index is 13.1. The van der Waals surface area contributed by atoms with Crippen LogP contribution in [0.15, 0.2) is 52.5 Å². The third-order valence-corrected chi connectivity index (χ3v) is 6.19. The Bertz CT molecular complexity index is 1010. The molecule has 0 radical (unpaired) electrons. The summed E-state index contributed by atoms with van der Waals surface area (Å²) in [6, 6.07) is 6.31. The predicted molar refractivity (Wildman–Crippen MR) is 93.0 cm³/mol. The molecule has 0 atom stereocenters. The molecule has 1 aliphatic heterocycles. The maximum Gasteiger partial charge on any atom is 0.208 e. The molecule has 8 heteroatoms. The third-order valence-electron chi connectivity index (χ3n) is 4.38. The van der Waals surface area contributed by atoms with Crippen LogP contribution >= 0.6 is 0 Å². The van der Waals surface area contributed by atoms with Crippen LogP contribution in [0.4, 0.5) is 10.1 Å². The highest BCUT2D eigenvalue weighted by Crippen LogP contribution is 2.32. The van der Waals surface area contributed by atoms with Crippen molar-refractivity contribution in [3.05, 3.63) is 48.5 Å². The molecule has 4 rings (SSSR count). The molecule has 0 amide bonds. The summed E-state index contributed by atoms with van der Waals surface area (Å²) < 4.78 is 39.0. The van der Waals surface area contributed by atoms with Gasteiger partial charge < -0.3 is 15.2 Å². The normalized spacial score (nSPS) is 15.6. The molecule has 2 N–H and O–H groups in total. The highest BCUT2D eigenvalue weighted by molar-refractivity contribution is 7.91. The molecular weight excluding hydrogens is 343 g/mol. The van der Waals surface area contributed by atoms with Crippen molar-refractivity contribution in [3.8, 4) is 0 Å². The smallest absolute Gasteiger partial charge is 0.208 e. The SMILES string of the molecule is O=S(=O)(c1ccc(F)cc1)c1ccnc2c(N3CCNCC3)c[nH]c12. The minimum atomic E-state index is -3.77. The molecule has 1 aliphatic rings. The van der Waals surface area contributed by atoms with E-state index >= 15 is 0 Å². The van der Waals surface area contributed by atoms with E-state index in [1.54, 1.807) is 6.20 Å². The number of aromatic nitrogens is 2. The van der Waals surface area contributed by atoms with E-state index in [9.17, 15) is 12.8 Å². The molecule has 1 fully saturated rings. The molecule has 1 aromatic carbocycles. The van der Waals surface area contributed by atoms with Crippen molar-refractivity contribution in [3.63, 3.8) is 0 Å². The first-order chi connectivity index (χ1) is 12.1. The summed E-state index contributed by atoms with van der Waals surface area (Å²) in [5, 5.41) is 3.29. The minimum absolute atomic E-state index is 0.0553. The molecule has 0 saturated carbocycles. The summed E-state index contributed by atoms with van der Waals surface area (Å²) in [7, 11) is -3.77. The lowest BCUT2D eigenvalue weighted by molar-refractivity contribution is 0.590. The summed E-state index contributed by atoms with van der Waals surface area (Å²) in [6.45, 7) is 3.42. The number of hydrogen-bond acceptors (Lipinski definition) is 5. The molecule has 0 aliphatic carbocycles. The number of pyridine rings is 1. The van der Waals surface area contributed by atoms with Crippen molar-refractivity contribution in [2.75, 3.05) is 31.1 Å². The number of anilines is 1. The highest BCUT2D eigenvalue weighted by Gasteiger charge is 2.24. The molecule has 0 spiro atoms. The van der Waals surface area contributed by atoms with Gasteiger partial charge in [-0.15, -0.1) is 0 Å². The standard InChI is InChI=1S/C17H17FN4O2S/c18-12-1-3-13(4-2-12)25(23,24)15-5-6-20-16-14(11-21-17(15)16)22-9-7-19-8-10-22/h1-6,11,19,21H,7-10H2. The van der Waals surface area contributed by atoms with Crippen LogP contribution in [0, 0.1) is 5.82 Å². The average Bonchev–Trinajstić information content (AvgIpc) is 3.07. The number of piperazine rings is 1. The predicted octanol–water partition coefficient (Wildman–Crippen LogP) is 1.94. The van der Waals surface area contributed by atoms with Crippen molar-refractivity contribution in [2.24, 2.45) is 0 Å². The summed E-state index contributed by atoms with van der Waals surface area (Å²) in [5.41, 5.74) is 2.00. The number of nitrogens with one attached hydrogen (secondary N) is 2. The highest BCUT2D eigenvalue weighted by atomic mass is 32.2. The van der Waals surface area contributed by atoms with Gasteiger partial charge in [-0.1, -0.05) is 0 Å². The van der Waals surface area contributed by atoms with Gasteiger partial charge in [-0.25, -0.2) is 12.8 Å². The van der Waals surface area contributed by atoms with Gasteiger partial charge in [-0.05, 0) is 30.3 Å². The number of halogens is 1. The fraction of sp³-hybridized carbons (Fsp3) is 0.235. The second-order valence-electron chi connectivity index (χ2n) is 5.90. The number of aromatic amines is 1. The molecule has 25 heavy (non-hydrogen) atoms. The van der Waals surface area contributed by atoms with E-state index in [0.717, 1.165) is 44.0 Å². The van der Waals surface area contributed by atoms with Crippen molar-refractivity contribution >= 4 is 26.6 Å². The van der Waals surface area contributed by atoms with Crippen LogP contribution in [-0.2, 0) is 9.84 Å². The summed E-state index contributed by atoms with van der Waals surface area (Å²) in [5.74, 6) is -0.473. The van der Waals surface area contributed by atoms with E-state index in [4.69, 9.17) is 0 Å². The van der Waals surface area contributed by atoms with Crippen LogP contribution < -0.4 is 10.2 Å². The molecule has 3 aromatic rings. The van der Waals surface area contributed by atoms with Crippen LogP contribution in [0.3, 0.4) is 0 Å². The second kappa shape index (κ2) is 6.12. The zero-order valence-corrected chi connectivity index (χ0v) is 14.2. The molecule has 0 unspecified atom stereocenters. The quantitative estimate of drug-likeness (QED) is 0.698. The van der Waals surface area contributed by atoms with Crippen LogP contribution in [0.2, 0.25) is 0 Å². The largest absolute Gasteiger partial charge is 0.366 e. The van der Waals surface area contributed by atoms with Crippen molar-refractivity contribution in [2.45, 2.75) is 9.79 Å². The molecule has 3 heterocycles. The Balaban J connectivity index is 1.83. The van der Waals surface area contributed by atoms with Crippen LogP contribution in [0.25, 0.3) is 11.0 Å². The van der Waals surface area contributed by atoms with Gasteiger partial charge in [-0.3, -0.25) is 4.98 Å². The van der Waals surface area contributed by atoms with Crippen molar-refractivity contribution < 1.29 is 12.8 Å². The van der Waals surface area contributed by atoms with E-state index in [1.165, 1.54) is 24.4 Å². The van der Waals surface area contributed by atoms with Crippen LogP contribution in [0.1, 0.15) is 0 Å². The van der Waals surface area contributed by atoms with Gasteiger partial charge in [0.25, 0.3) is 0 Å². The summed E-state index contributed by atoms with van der Waals surface area (Å²) in [4.78, 5) is 9.82. The number of fused-ring (bicyclic) bond motifs is 1. The van der Waals surface area contributed by atoms with Gasteiger partial charge in [0.05, 0.1) is 21.0 Å². The van der Waals surface area contributed by atoms with Crippen LogP contribution in [0.5, 0.6) is 0 Å². The topological polar surface area (TPSA) is 78.1 Å². The first kappa shape index (κ1) is 16.0. The fourth-order valence-electron chi connectivity index (χ4n) is 3.10. The third kappa shape index (κ3) is 2.77. The van der Waals surface area contributed by atoms with Crippen molar-refractivity contribution in [1.29, 1.82) is 0 Å². The zero-order valence-electron chi connectivity index (χ0n) is 13.4. The lowest BCUT2D eigenvalue weighted by Crippen LogP contribution is -2.43. The Morgan fingerprint density at radius 1 is 1.08 bits per heavy atom. The first-order valence-electron chi connectivity index (χ1n) is 8.00. The Hall–Kier alpha value is -2.45. The molecule has 2 aromatic heterocycles. The number of sulfone groups is 1. The molecule has 1 saturated heterocycles. The fourth-order valence-corrected chi connectivity index (χ4v) is 4.51. The van der Waals surface area contributed by atoms with Gasteiger partial charge in [-0.2, -0.15) is 0 Å². The number of benzene rings is 1. The maximum absolute atomic E-state index is 13.1. The number of nitrogens with zero attached hydrogens (tertiary/aromatic N) is 2.